The van der Waals surface area contributed by atoms with Gasteiger partial charge in [0, 0.05) is 31.9 Å². The van der Waals surface area contributed by atoms with E-state index < -0.39 is 26.0 Å². The van der Waals surface area contributed by atoms with Crippen molar-refractivity contribution in [2.45, 2.75) is 61.2 Å². The second-order valence-corrected chi connectivity index (χ2v) is 13.5. The van der Waals surface area contributed by atoms with Crippen molar-refractivity contribution in [3.63, 3.8) is 0 Å². The molecule has 0 aromatic heterocycles. The topological polar surface area (TPSA) is 104 Å². The average molecular weight is 554 g/mol. The van der Waals surface area contributed by atoms with Crippen LogP contribution in [0.4, 0.5) is 5.69 Å². The van der Waals surface area contributed by atoms with E-state index in [4.69, 9.17) is 11.6 Å². The highest BCUT2D eigenvalue weighted by atomic mass is 35.5. The lowest BCUT2D eigenvalue weighted by Gasteiger charge is -2.20. The Labute approximate surface area is 218 Å². The van der Waals surface area contributed by atoms with Crippen molar-refractivity contribution in [1.82, 2.24) is 8.61 Å². The molecule has 0 aliphatic carbocycles. The van der Waals surface area contributed by atoms with Gasteiger partial charge in [-0.05, 0) is 68.1 Å². The highest BCUT2D eigenvalue weighted by Gasteiger charge is 2.27. The van der Waals surface area contributed by atoms with Gasteiger partial charge in [0.1, 0.15) is 0 Å². The lowest BCUT2D eigenvalue weighted by atomic mass is 10.2. The van der Waals surface area contributed by atoms with E-state index in [1.54, 1.807) is 0 Å². The van der Waals surface area contributed by atoms with Gasteiger partial charge in [0.15, 0.2) is 0 Å². The van der Waals surface area contributed by atoms with Crippen LogP contribution >= 0.6 is 11.6 Å². The molecule has 8 nitrogen and oxygen atoms in total. The van der Waals surface area contributed by atoms with E-state index in [1.807, 2.05) is 0 Å². The number of nitrogens with one attached hydrogen (secondary N) is 1. The van der Waals surface area contributed by atoms with Gasteiger partial charge in [0.25, 0.3) is 5.91 Å². The summed E-state index contributed by atoms with van der Waals surface area (Å²) in [6.45, 7) is 1.93. The number of carbonyl (C=O) groups excluding carboxylic acids is 1. The van der Waals surface area contributed by atoms with E-state index >= 15 is 0 Å². The number of hydrogen-bond acceptors (Lipinski definition) is 5. The first-order valence-corrected chi connectivity index (χ1v) is 15.7. The lowest BCUT2D eigenvalue weighted by molar-refractivity contribution is 0.102. The first-order valence-electron chi connectivity index (χ1n) is 12.4. The lowest BCUT2D eigenvalue weighted by Crippen LogP contribution is -2.32. The minimum atomic E-state index is -3.74. The minimum Gasteiger partial charge on any atom is -0.322 e. The summed E-state index contributed by atoms with van der Waals surface area (Å²) in [5, 5.41) is 2.82. The first-order chi connectivity index (χ1) is 17.2. The van der Waals surface area contributed by atoms with Gasteiger partial charge in [-0.1, -0.05) is 37.3 Å². The second-order valence-electron chi connectivity index (χ2n) is 9.26. The number of amides is 1. The van der Waals surface area contributed by atoms with Gasteiger partial charge in [0.2, 0.25) is 20.0 Å². The fourth-order valence-electron chi connectivity index (χ4n) is 4.61. The van der Waals surface area contributed by atoms with E-state index in [0.29, 0.717) is 31.9 Å². The van der Waals surface area contributed by atoms with Crippen molar-refractivity contribution in [3.8, 4) is 0 Å². The Kier molecular flexibility index (Phi) is 8.72. The molecule has 2 aliphatic heterocycles. The largest absolute Gasteiger partial charge is 0.322 e. The van der Waals surface area contributed by atoms with Gasteiger partial charge in [0.05, 0.1) is 20.4 Å². The predicted molar refractivity (Wildman–Crippen MR) is 140 cm³/mol. The Morgan fingerprint density at radius 1 is 0.667 bits per heavy atom. The van der Waals surface area contributed by atoms with Crippen LogP contribution in [0.3, 0.4) is 0 Å². The van der Waals surface area contributed by atoms with Crippen LogP contribution in [0, 0.1) is 0 Å². The van der Waals surface area contributed by atoms with E-state index in [0.717, 1.165) is 51.4 Å². The summed E-state index contributed by atoms with van der Waals surface area (Å²) in [6, 6.07) is 10.1. The number of benzene rings is 2. The predicted octanol–water partition coefficient (Wildman–Crippen LogP) is 4.72. The number of halogens is 1. The van der Waals surface area contributed by atoms with Crippen molar-refractivity contribution in [2.24, 2.45) is 0 Å². The third-order valence-electron chi connectivity index (χ3n) is 6.70. The summed E-state index contributed by atoms with van der Waals surface area (Å²) in [7, 11) is -7.34. The van der Waals surface area contributed by atoms with Crippen LogP contribution in [-0.4, -0.2) is 57.5 Å². The number of hydrogen-bond donors (Lipinski definition) is 1. The number of sulfonamides is 2. The van der Waals surface area contributed by atoms with Crippen molar-refractivity contribution in [2.75, 3.05) is 31.5 Å². The van der Waals surface area contributed by atoms with Crippen LogP contribution in [0.25, 0.3) is 0 Å². The molecule has 36 heavy (non-hydrogen) atoms. The third kappa shape index (κ3) is 6.11. The minimum absolute atomic E-state index is 0.0258. The van der Waals surface area contributed by atoms with Crippen LogP contribution < -0.4 is 5.32 Å². The second kappa shape index (κ2) is 11.6. The summed E-state index contributed by atoms with van der Waals surface area (Å²) in [5.41, 5.74) is 0.417. The van der Waals surface area contributed by atoms with Crippen molar-refractivity contribution in [1.29, 1.82) is 0 Å². The zero-order chi connectivity index (χ0) is 25.8. The Morgan fingerprint density at radius 3 is 1.61 bits per heavy atom. The quantitative estimate of drug-likeness (QED) is 0.557. The molecule has 1 N–H and O–H groups in total. The average Bonchev–Trinajstić information content (AvgIpc) is 3.31. The molecular formula is C25H32ClN3O5S2. The first kappa shape index (κ1) is 27.1. The SMILES string of the molecule is O=C(Nc1ccc(S(=O)(=O)N2CCCCCC2)cc1)c1cc(S(=O)(=O)N2CCCCCC2)ccc1Cl. The molecule has 2 aromatic rings. The third-order valence-corrected chi connectivity index (χ3v) is 10.8. The Bertz CT molecular complexity index is 1280. The van der Waals surface area contributed by atoms with E-state index in [-0.39, 0.29) is 20.4 Å². The highest BCUT2D eigenvalue weighted by molar-refractivity contribution is 7.89. The number of carbonyl (C=O) groups is 1. The zero-order valence-corrected chi connectivity index (χ0v) is 22.5. The normalized spacial score (nSPS) is 18.8. The van der Waals surface area contributed by atoms with E-state index in [1.165, 1.54) is 51.1 Å². The fraction of sp³-hybridized carbons (Fsp3) is 0.480. The molecule has 0 unspecified atom stereocenters. The molecule has 2 aliphatic rings. The van der Waals surface area contributed by atoms with Gasteiger partial charge < -0.3 is 5.32 Å². The molecule has 0 radical (unpaired) electrons. The standard InChI is InChI=1S/C25H32ClN3O5S2/c26-24-14-13-22(36(33,34)29-17-7-3-4-8-18-29)19-23(24)25(30)27-20-9-11-21(12-10-20)35(31,32)28-15-5-1-2-6-16-28/h9-14,19H,1-8,15-18H2,(H,27,30). The number of anilines is 1. The van der Waals surface area contributed by atoms with Crippen LogP contribution in [0.2, 0.25) is 5.02 Å². The summed E-state index contributed by atoms with van der Waals surface area (Å²) in [6.07, 6.45) is 7.37. The van der Waals surface area contributed by atoms with Crippen LogP contribution in [-0.2, 0) is 20.0 Å². The molecule has 2 saturated heterocycles. The van der Waals surface area contributed by atoms with Crippen LogP contribution in [0.5, 0.6) is 0 Å². The van der Waals surface area contributed by atoms with Gasteiger partial charge in [-0.2, -0.15) is 8.61 Å². The smallest absolute Gasteiger partial charge is 0.257 e. The summed E-state index contributed by atoms with van der Waals surface area (Å²) in [4.78, 5) is 13.2. The van der Waals surface area contributed by atoms with Gasteiger partial charge in [-0.3, -0.25) is 4.79 Å². The molecule has 2 heterocycles. The fourth-order valence-corrected chi connectivity index (χ4v) is 7.87. The van der Waals surface area contributed by atoms with E-state index in [9.17, 15) is 21.6 Å². The molecule has 1 amide bonds. The molecule has 0 saturated carbocycles. The van der Waals surface area contributed by atoms with Crippen molar-refractivity contribution < 1.29 is 21.6 Å². The van der Waals surface area contributed by atoms with Gasteiger partial charge in [-0.25, -0.2) is 16.8 Å². The van der Waals surface area contributed by atoms with E-state index in [2.05, 4.69) is 5.32 Å². The molecule has 2 fully saturated rings. The van der Waals surface area contributed by atoms with Crippen LogP contribution in [0.15, 0.2) is 52.3 Å². The molecule has 4 rings (SSSR count). The molecule has 0 atom stereocenters. The Hall–Kier alpha value is -1.98. The van der Waals surface area contributed by atoms with Gasteiger partial charge >= 0.3 is 0 Å². The van der Waals surface area contributed by atoms with Crippen molar-refractivity contribution >= 4 is 43.2 Å². The summed E-state index contributed by atoms with van der Waals surface area (Å²) in [5.74, 6) is -0.573. The Morgan fingerprint density at radius 2 is 1.11 bits per heavy atom. The Balaban J connectivity index is 1.50. The van der Waals surface area contributed by atoms with Gasteiger partial charge in [-0.15, -0.1) is 0 Å². The molecule has 0 spiro atoms. The molecule has 196 valence electrons. The molecule has 0 bridgehead atoms. The summed E-state index contributed by atoms with van der Waals surface area (Å²) < 4.78 is 55.3. The molecule has 11 heteroatoms. The maximum atomic E-state index is 13.2. The van der Waals surface area contributed by atoms with Crippen LogP contribution in [0.1, 0.15) is 61.7 Å². The number of rotatable bonds is 6. The highest BCUT2D eigenvalue weighted by Crippen LogP contribution is 2.27. The summed E-state index contributed by atoms with van der Waals surface area (Å²) >= 11 is 6.25. The zero-order valence-electron chi connectivity index (χ0n) is 20.2. The maximum absolute atomic E-state index is 13.2. The maximum Gasteiger partial charge on any atom is 0.257 e. The molecule has 2 aromatic carbocycles. The molecular weight excluding hydrogens is 522 g/mol. The monoisotopic (exact) mass is 553 g/mol. The number of nitrogens with zero attached hydrogens (tertiary/aromatic N) is 2. The van der Waals surface area contributed by atoms with Crippen molar-refractivity contribution in [3.05, 3.63) is 53.1 Å².